The van der Waals surface area contributed by atoms with E-state index in [9.17, 15) is 4.39 Å². The average molecular weight is 346 g/mol. The Hall–Kier alpha value is -0.0600. The van der Waals surface area contributed by atoms with Crippen LogP contribution in [0.25, 0.3) is 0 Å². The Balaban J connectivity index is 2.04. The van der Waals surface area contributed by atoms with Crippen LogP contribution < -0.4 is 5.32 Å². The zero-order chi connectivity index (χ0) is 13.7. The predicted molar refractivity (Wildman–Crippen MR) is 85.4 cm³/mol. The minimum absolute atomic E-state index is 0.184. The first-order chi connectivity index (χ1) is 9.20. The minimum atomic E-state index is -0.184. The third-order valence-electron chi connectivity index (χ3n) is 3.57. The number of likely N-dealkylation sites (N-methyl/N-ethyl adjacent to an activating group) is 1. The lowest BCUT2D eigenvalue weighted by atomic mass is 9.99. The third kappa shape index (κ3) is 4.47. The van der Waals surface area contributed by atoms with Crippen molar-refractivity contribution >= 4 is 27.7 Å². The van der Waals surface area contributed by atoms with Gasteiger partial charge in [0.2, 0.25) is 0 Å². The summed E-state index contributed by atoms with van der Waals surface area (Å²) in [4.78, 5) is 0. The minimum Gasteiger partial charge on any atom is -0.313 e. The molecule has 1 saturated heterocycles. The maximum absolute atomic E-state index is 13.3. The van der Waals surface area contributed by atoms with Crippen LogP contribution in [0, 0.1) is 5.82 Å². The number of rotatable bonds is 5. The summed E-state index contributed by atoms with van der Waals surface area (Å²) in [7, 11) is 0. The van der Waals surface area contributed by atoms with Gasteiger partial charge < -0.3 is 5.32 Å². The zero-order valence-corrected chi connectivity index (χ0v) is 13.7. The molecule has 0 radical (unpaired) electrons. The van der Waals surface area contributed by atoms with E-state index in [1.165, 1.54) is 30.6 Å². The van der Waals surface area contributed by atoms with Gasteiger partial charge in [0, 0.05) is 11.3 Å². The standard InChI is InChI=1S/C15H21BrFNS/c1-2-18-14(15-5-3-4-8-19-15)10-11-6-7-13(17)12(16)9-11/h6-7,9,14-15,18H,2-5,8,10H2,1H3. The van der Waals surface area contributed by atoms with Gasteiger partial charge in [-0.2, -0.15) is 11.8 Å². The van der Waals surface area contributed by atoms with Crippen LogP contribution in [0.2, 0.25) is 0 Å². The van der Waals surface area contributed by atoms with Gasteiger partial charge in [-0.3, -0.25) is 0 Å². The topological polar surface area (TPSA) is 12.0 Å². The second-order valence-corrected chi connectivity index (χ2v) is 7.22. The fourth-order valence-corrected chi connectivity index (χ4v) is 4.46. The van der Waals surface area contributed by atoms with Gasteiger partial charge in [-0.1, -0.05) is 19.4 Å². The first-order valence-corrected chi connectivity index (χ1v) is 8.83. The van der Waals surface area contributed by atoms with Gasteiger partial charge in [0.1, 0.15) is 5.82 Å². The summed E-state index contributed by atoms with van der Waals surface area (Å²) < 4.78 is 13.8. The van der Waals surface area contributed by atoms with Crippen molar-refractivity contribution in [3.8, 4) is 0 Å². The van der Waals surface area contributed by atoms with Crippen molar-refractivity contribution in [3.63, 3.8) is 0 Å². The first kappa shape index (κ1) is 15.3. The summed E-state index contributed by atoms with van der Waals surface area (Å²) in [5, 5.41) is 4.30. The normalized spacial score (nSPS) is 21.3. The van der Waals surface area contributed by atoms with E-state index in [2.05, 4.69) is 39.9 Å². The summed E-state index contributed by atoms with van der Waals surface area (Å²) in [6.45, 7) is 3.14. The molecule has 106 valence electrons. The Labute approximate surface area is 127 Å². The fourth-order valence-electron chi connectivity index (χ4n) is 2.60. The van der Waals surface area contributed by atoms with Gasteiger partial charge in [0.15, 0.2) is 0 Å². The molecular weight excluding hydrogens is 325 g/mol. The van der Waals surface area contributed by atoms with Crippen LogP contribution in [0.5, 0.6) is 0 Å². The molecule has 1 heterocycles. The van der Waals surface area contributed by atoms with Gasteiger partial charge in [-0.25, -0.2) is 4.39 Å². The van der Waals surface area contributed by atoms with Crippen LogP contribution in [-0.2, 0) is 6.42 Å². The maximum atomic E-state index is 13.3. The molecule has 1 aromatic carbocycles. The average Bonchev–Trinajstić information content (AvgIpc) is 2.43. The molecule has 1 nitrogen and oxygen atoms in total. The van der Waals surface area contributed by atoms with E-state index in [-0.39, 0.29) is 5.82 Å². The number of benzene rings is 1. The summed E-state index contributed by atoms with van der Waals surface area (Å²) >= 11 is 5.36. The monoisotopic (exact) mass is 345 g/mol. The van der Waals surface area contributed by atoms with Gasteiger partial charge in [0.25, 0.3) is 0 Å². The predicted octanol–water partition coefficient (Wildman–Crippen LogP) is 4.39. The molecule has 19 heavy (non-hydrogen) atoms. The Morgan fingerprint density at radius 3 is 2.95 bits per heavy atom. The third-order valence-corrected chi connectivity index (χ3v) is 5.69. The Morgan fingerprint density at radius 1 is 1.47 bits per heavy atom. The molecule has 0 amide bonds. The van der Waals surface area contributed by atoms with Crippen LogP contribution in [0.1, 0.15) is 31.7 Å². The first-order valence-electron chi connectivity index (χ1n) is 6.99. The fraction of sp³-hybridized carbons (Fsp3) is 0.600. The van der Waals surface area contributed by atoms with E-state index >= 15 is 0 Å². The quantitative estimate of drug-likeness (QED) is 0.848. The van der Waals surface area contributed by atoms with E-state index in [1.54, 1.807) is 6.07 Å². The van der Waals surface area contributed by atoms with Crippen LogP contribution in [0.3, 0.4) is 0 Å². The second-order valence-electron chi connectivity index (χ2n) is 5.02. The van der Waals surface area contributed by atoms with Gasteiger partial charge in [0.05, 0.1) is 4.47 Å². The Bertz CT molecular complexity index is 407. The van der Waals surface area contributed by atoms with Gasteiger partial charge in [-0.15, -0.1) is 0 Å². The highest BCUT2D eigenvalue weighted by atomic mass is 79.9. The molecule has 1 aliphatic heterocycles. The number of hydrogen-bond acceptors (Lipinski definition) is 2. The van der Waals surface area contributed by atoms with Crippen LogP contribution in [0.15, 0.2) is 22.7 Å². The van der Waals surface area contributed by atoms with Gasteiger partial charge >= 0.3 is 0 Å². The maximum Gasteiger partial charge on any atom is 0.137 e. The van der Waals surface area contributed by atoms with E-state index < -0.39 is 0 Å². The zero-order valence-electron chi connectivity index (χ0n) is 11.3. The molecule has 1 aromatic rings. The molecule has 2 rings (SSSR count). The highest BCUT2D eigenvalue weighted by Gasteiger charge is 2.23. The van der Waals surface area contributed by atoms with Gasteiger partial charge in [-0.05, 0) is 65.2 Å². The van der Waals surface area contributed by atoms with Crippen molar-refractivity contribution in [2.75, 3.05) is 12.3 Å². The lowest BCUT2D eigenvalue weighted by Crippen LogP contribution is -2.41. The summed E-state index contributed by atoms with van der Waals surface area (Å²) in [6.07, 6.45) is 4.96. The molecule has 0 aliphatic carbocycles. The van der Waals surface area contributed by atoms with Crippen LogP contribution in [-0.4, -0.2) is 23.6 Å². The van der Waals surface area contributed by atoms with Crippen LogP contribution in [0.4, 0.5) is 4.39 Å². The highest BCUT2D eigenvalue weighted by Crippen LogP contribution is 2.29. The molecular formula is C15H21BrFNS. The van der Waals surface area contributed by atoms with Crippen molar-refractivity contribution < 1.29 is 4.39 Å². The van der Waals surface area contributed by atoms with Crippen molar-refractivity contribution in [1.29, 1.82) is 0 Å². The lowest BCUT2D eigenvalue weighted by Gasteiger charge is -2.30. The smallest absolute Gasteiger partial charge is 0.137 e. The molecule has 1 aliphatic rings. The van der Waals surface area contributed by atoms with Crippen molar-refractivity contribution in [3.05, 3.63) is 34.1 Å². The van der Waals surface area contributed by atoms with E-state index in [0.717, 1.165) is 13.0 Å². The summed E-state index contributed by atoms with van der Waals surface area (Å²) in [5.41, 5.74) is 1.20. The number of nitrogens with one attached hydrogen (secondary N) is 1. The van der Waals surface area contributed by atoms with Crippen molar-refractivity contribution in [1.82, 2.24) is 5.32 Å². The molecule has 4 heteroatoms. The Morgan fingerprint density at radius 2 is 2.32 bits per heavy atom. The summed E-state index contributed by atoms with van der Waals surface area (Å²) in [5.74, 6) is 1.09. The van der Waals surface area contributed by atoms with Crippen LogP contribution >= 0.6 is 27.7 Å². The molecule has 0 bridgehead atoms. The number of hydrogen-bond donors (Lipinski definition) is 1. The van der Waals surface area contributed by atoms with E-state index in [4.69, 9.17) is 0 Å². The Kier molecular flexibility index (Phi) is 6.17. The van der Waals surface area contributed by atoms with E-state index in [0.29, 0.717) is 15.8 Å². The SMILES string of the molecule is CCNC(Cc1ccc(F)c(Br)c1)C1CCCCS1. The molecule has 1 N–H and O–H groups in total. The largest absolute Gasteiger partial charge is 0.313 e. The second kappa shape index (κ2) is 7.65. The molecule has 0 spiro atoms. The molecule has 1 fully saturated rings. The molecule has 0 saturated carbocycles. The lowest BCUT2D eigenvalue weighted by molar-refractivity contribution is 0.471. The molecule has 2 unspecified atom stereocenters. The van der Waals surface area contributed by atoms with Crippen molar-refractivity contribution in [2.24, 2.45) is 0 Å². The summed E-state index contributed by atoms with van der Waals surface area (Å²) in [6, 6.07) is 5.86. The molecule has 0 aromatic heterocycles. The van der Waals surface area contributed by atoms with E-state index in [1.807, 2.05) is 12.1 Å². The van der Waals surface area contributed by atoms with Crippen molar-refractivity contribution in [2.45, 2.75) is 43.9 Å². The molecule has 2 atom stereocenters. The number of halogens is 2. The highest BCUT2D eigenvalue weighted by molar-refractivity contribution is 9.10. The number of thioether (sulfide) groups is 1.